The molecule has 0 radical (unpaired) electrons. The first-order valence-electron chi connectivity index (χ1n) is 6.58. The fraction of sp³-hybridized carbons (Fsp3) is 0.188. The number of thiophene rings is 1. The number of anilines is 1. The van der Waals surface area contributed by atoms with Crippen molar-refractivity contribution in [2.75, 3.05) is 17.2 Å². The standard InChI is InChI=1S/C16H15NOS2/c18-16(7-6-13-8-11-19-12-13)17-9-3-10-20-15-5-2-1-4-14(15)17/h1-2,4-8,11-12H,3,9-10H2/b7-6+. The molecular formula is C16H15NOS2. The molecule has 0 saturated heterocycles. The number of nitrogens with zero attached hydrogens (tertiary/aromatic N) is 1. The molecule has 0 N–H and O–H groups in total. The highest BCUT2D eigenvalue weighted by Gasteiger charge is 2.19. The number of rotatable bonds is 2. The minimum Gasteiger partial charge on any atom is -0.308 e. The number of fused-ring (bicyclic) bond motifs is 1. The summed E-state index contributed by atoms with van der Waals surface area (Å²) >= 11 is 3.47. The SMILES string of the molecule is O=C(/C=C/c1ccsc1)N1CCCSc2ccccc21. The van der Waals surface area contributed by atoms with Crippen LogP contribution in [-0.4, -0.2) is 18.2 Å². The zero-order chi connectivity index (χ0) is 13.8. The Kier molecular flexibility index (Phi) is 4.23. The van der Waals surface area contributed by atoms with E-state index in [1.165, 1.54) is 4.90 Å². The molecule has 20 heavy (non-hydrogen) atoms. The fourth-order valence-corrected chi connectivity index (χ4v) is 3.81. The molecule has 4 heteroatoms. The number of carbonyl (C=O) groups is 1. The smallest absolute Gasteiger partial charge is 0.251 e. The van der Waals surface area contributed by atoms with Crippen molar-refractivity contribution in [3.05, 3.63) is 52.7 Å². The molecule has 0 saturated carbocycles. The Hall–Kier alpha value is -1.52. The number of hydrogen-bond donors (Lipinski definition) is 0. The van der Waals surface area contributed by atoms with E-state index in [1.54, 1.807) is 17.4 Å². The Morgan fingerprint density at radius 1 is 1.25 bits per heavy atom. The zero-order valence-electron chi connectivity index (χ0n) is 11.0. The van der Waals surface area contributed by atoms with Gasteiger partial charge in [0.25, 0.3) is 5.91 Å². The summed E-state index contributed by atoms with van der Waals surface area (Å²) < 4.78 is 0. The van der Waals surface area contributed by atoms with E-state index in [1.807, 2.05) is 57.8 Å². The van der Waals surface area contributed by atoms with E-state index in [-0.39, 0.29) is 5.91 Å². The maximum Gasteiger partial charge on any atom is 0.251 e. The van der Waals surface area contributed by atoms with Crippen LogP contribution in [-0.2, 0) is 4.79 Å². The van der Waals surface area contributed by atoms with Gasteiger partial charge in [-0.2, -0.15) is 11.3 Å². The third-order valence-electron chi connectivity index (χ3n) is 3.17. The second kappa shape index (κ2) is 6.29. The molecule has 2 nitrogen and oxygen atoms in total. The van der Waals surface area contributed by atoms with Crippen LogP contribution in [0.5, 0.6) is 0 Å². The van der Waals surface area contributed by atoms with Crippen molar-refractivity contribution in [1.82, 2.24) is 0 Å². The molecule has 1 amide bonds. The van der Waals surface area contributed by atoms with Gasteiger partial charge in [-0.15, -0.1) is 11.8 Å². The van der Waals surface area contributed by atoms with Crippen LogP contribution < -0.4 is 4.90 Å². The lowest BCUT2D eigenvalue weighted by Gasteiger charge is -2.20. The minimum absolute atomic E-state index is 0.0613. The normalized spacial score (nSPS) is 15.1. The summed E-state index contributed by atoms with van der Waals surface area (Å²) in [5, 5.41) is 4.05. The largest absolute Gasteiger partial charge is 0.308 e. The van der Waals surface area contributed by atoms with Crippen molar-refractivity contribution in [3.63, 3.8) is 0 Å². The highest BCUT2D eigenvalue weighted by molar-refractivity contribution is 7.99. The van der Waals surface area contributed by atoms with Crippen LogP contribution in [0.3, 0.4) is 0 Å². The third-order valence-corrected chi connectivity index (χ3v) is 5.02. The zero-order valence-corrected chi connectivity index (χ0v) is 12.6. The number of hydrogen-bond acceptors (Lipinski definition) is 3. The number of carbonyl (C=O) groups excluding carboxylic acids is 1. The lowest BCUT2D eigenvalue weighted by molar-refractivity contribution is -0.114. The van der Waals surface area contributed by atoms with Crippen LogP contribution in [0.1, 0.15) is 12.0 Å². The molecule has 1 aromatic heterocycles. The molecule has 3 rings (SSSR count). The van der Waals surface area contributed by atoms with Gasteiger partial charge >= 0.3 is 0 Å². The minimum atomic E-state index is 0.0613. The van der Waals surface area contributed by atoms with Crippen molar-refractivity contribution < 1.29 is 4.79 Å². The maximum atomic E-state index is 12.4. The van der Waals surface area contributed by atoms with Gasteiger partial charge in [0.2, 0.25) is 0 Å². The van der Waals surface area contributed by atoms with Crippen molar-refractivity contribution >= 4 is 40.8 Å². The topological polar surface area (TPSA) is 20.3 Å². The lowest BCUT2D eigenvalue weighted by Crippen LogP contribution is -2.30. The van der Waals surface area contributed by atoms with Gasteiger partial charge in [0.15, 0.2) is 0 Å². The predicted octanol–water partition coefficient (Wildman–Crippen LogP) is 4.29. The quantitative estimate of drug-likeness (QED) is 0.771. The summed E-state index contributed by atoms with van der Waals surface area (Å²) in [7, 11) is 0. The van der Waals surface area contributed by atoms with Gasteiger partial charge in [-0.3, -0.25) is 4.79 Å². The van der Waals surface area contributed by atoms with E-state index >= 15 is 0 Å². The molecule has 0 fully saturated rings. The number of thioether (sulfide) groups is 1. The van der Waals surface area contributed by atoms with E-state index in [0.717, 1.165) is 30.0 Å². The summed E-state index contributed by atoms with van der Waals surface area (Å²) in [5.41, 5.74) is 2.12. The summed E-state index contributed by atoms with van der Waals surface area (Å²) in [6.45, 7) is 0.789. The number of benzene rings is 1. The third kappa shape index (κ3) is 2.97. The van der Waals surface area contributed by atoms with Gasteiger partial charge in [-0.05, 0) is 52.8 Å². The molecule has 0 spiro atoms. The number of para-hydroxylation sites is 1. The predicted molar refractivity (Wildman–Crippen MR) is 87.5 cm³/mol. The second-order valence-electron chi connectivity index (χ2n) is 4.55. The Morgan fingerprint density at radius 2 is 2.15 bits per heavy atom. The second-order valence-corrected chi connectivity index (χ2v) is 6.47. The van der Waals surface area contributed by atoms with Crippen LogP contribution in [0.2, 0.25) is 0 Å². The van der Waals surface area contributed by atoms with Crippen LogP contribution in [0.15, 0.2) is 52.1 Å². The molecule has 2 heterocycles. The van der Waals surface area contributed by atoms with E-state index in [9.17, 15) is 4.79 Å². The van der Waals surface area contributed by atoms with Crippen LogP contribution >= 0.6 is 23.1 Å². The van der Waals surface area contributed by atoms with E-state index < -0.39 is 0 Å². The molecule has 102 valence electrons. The first kappa shape index (κ1) is 13.5. The molecule has 0 unspecified atom stereocenters. The summed E-state index contributed by atoms with van der Waals surface area (Å²) in [6.07, 6.45) is 4.59. The van der Waals surface area contributed by atoms with E-state index in [4.69, 9.17) is 0 Å². The first-order valence-corrected chi connectivity index (χ1v) is 8.51. The summed E-state index contributed by atoms with van der Waals surface area (Å²) in [6, 6.07) is 10.2. The van der Waals surface area contributed by atoms with Gasteiger partial charge in [0, 0.05) is 17.5 Å². The van der Waals surface area contributed by atoms with Gasteiger partial charge < -0.3 is 4.90 Å². The van der Waals surface area contributed by atoms with Gasteiger partial charge in [-0.25, -0.2) is 0 Å². The molecule has 0 aliphatic carbocycles. The van der Waals surface area contributed by atoms with Gasteiger partial charge in [0.1, 0.15) is 0 Å². The Balaban J connectivity index is 1.84. The molecule has 0 bridgehead atoms. The van der Waals surface area contributed by atoms with E-state index in [0.29, 0.717) is 0 Å². The van der Waals surface area contributed by atoms with Crippen molar-refractivity contribution in [2.45, 2.75) is 11.3 Å². The van der Waals surface area contributed by atoms with Gasteiger partial charge in [-0.1, -0.05) is 12.1 Å². The molecule has 0 atom stereocenters. The Labute approximate surface area is 127 Å². The summed E-state index contributed by atoms with van der Waals surface area (Å²) in [4.78, 5) is 15.5. The first-order chi connectivity index (χ1) is 9.84. The van der Waals surface area contributed by atoms with E-state index in [2.05, 4.69) is 6.07 Å². The highest BCUT2D eigenvalue weighted by atomic mass is 32.2. The number of amides is 1. The van der Waals surface area contributed by atoms with Crippen molar-refractivity contribution in [2.24, 2.45) is 0 Å². The highest BCUT2D eigenvalue weighted by Crippen LogP contribution is 2.33. The van der Waals surface area contributed by atoms with Crippen molar-refractivity contribution in [3.8, 4) is 0 Å². The molecule has 1 aromatic carbocycles. The fourth-order valence-electron chi connectivity index (χ4n) is 2.18. The average Bonchev–Trinajstić information content (AvgIpc) is 2.90. The monoisotopic (exact) mass is 301 g/mol. The van der Waals surface area contributed by atoms with Crippen LogP contribution in [0, 0.1) is 0 Å². The van der Waals surface area contributed by atoms with Gasteiger partial charge in [0.05, 0.1) is 5.69 Å². The molecule has 2 aromatic rings. The molecule has 1 aliphatic rings. The maximum absolute atomic E-state index is 12.4. The average molecular weight is 301 g/mol. The van der Waals surface area contributed by atoms with Crippen molar-refractivity contribution in [1.29, 1.82) is 0 Å². The van der Waals surface area contributed by atoms with Crippen LogP contribution in [0.4, 0.5) is 5.69 Å². The Morgan fingerprint density at radius 3 is 3.00 bits per heavy atom. The summed E-state index contributed by atoms with van der Waals surface area (Å²) in [5.74, 6) is 1.13. The molecule has 1 aliphatic heterocycles. The van der Waals surface area contributed by atoms with Crippen LogP contribution in [0.25, 0.3) is 6.08 Å². The molecular weight excluding hydrogens is 286 g/mol. The lowest BCUT2D eigenvalue weighted by atomic mass is 10.2. The Bertz CT molecular complexity index is 619.